The fourth-order valence-corrected chi connectivity index (χ4v) is 3.04. The number of likely N-dealkylation sites (tertiary alicyclic amines) is 1. The highest BCUT2D eigenvalue weighted by atomic mass is 35.5. The van der Waals surface area contributed by atoms with Crippen LogP contribution in [0, 0.1) is 0 Å². The topological polar surface area (TPSA) is 58.4 Å². The van der Waals surface area contributed by atoms with Gasteiger partial charge in [0.25, 0.3) is 0 Å². The average molecular weight is 310 g/mol. The monoisotopic (exact) mass is 309 g/mol. The van der Waals surface area contributed by atoms with E-state index in [1.54, 1.807) is 0 Å². The minimum absolute atomic E-state index is 0.238. The lowest BCUT2D eigenvalue weighted by molar-refractivity contribution is -0.119. The molecule has 1 fully saturated rings. The van der Waals surface area contributed by atoms with Gasteiger partial charge in [0.05, 0.1) is 6.54 Å². The standard InChI is InChI=1S/C16H24ClN3O/c1-12(10-13-2-4-14(17)5-3-13)19-15-6-8-20(9-7-15)11-16(18)21/h2-5,12,15,19H,6-11H2,1H3,(H2,18,21). The first kappa shape index (κ1) is 16.3. The highest BCUT2D eigenvalue weighted by Gasteiger charge is 2.21. The Labute approximate surface area is 131 Å². The summed E-state index contributed by atoms with van der Waals surface area (Å²) in [5, 5.41) is 4.46. The second-order valence-electron chi connectivity index (χ2n) is 5.92. The van der Waals surface area contributed by atoms with Crippen LogP contribution in [0.2, 0.25) is 5.02 Å². The molecule has 1 aliphatic heterocycles. The van der Waals surface area contributed by atoms with Gasteiger partial charge in [0.15, 0.2) is 0 Å². The van der Waals surface area contributed by atoms with Gasteiger partial charge < -0.3 is 11.1 Å². The van der Waals surface area contributed by atoms with Crippen LogP contribution in [0.15, 0.2) is 24.3 Å². The molecule has 1 aromatic carbocycles. The predicted molar refractivity (Wildman–Crippen MR) is 86.4 cm³/mol. The smallest absolute Gasteiger partial charge is 0.231 e. The molecule has 5 heteroatoms. The van der Waals surface area contributed by atoms with E-state index in [1.807, 2.05) is 12.1 Å². The van der Waals surface area contributed by atoms with E-state index >= 15 is 0 Å². The molecular weight excluding hydrogens is 286 g/mol. The second kappa shape index (κ2) is 7.78. The maximum atomic E-state index is 10.9. The molecule has 116 valence electrons. The molecule has 1 saturated heterocycles. The Morgan fingerprint density at radius 1 is 1.38 bits per heavy atom. The maximum absolute atomic E-state index is 10.9. The quantitative estimate of drug-likeness (QED) is 0.842. The van der Waals surface area contributed by atoms with Crippen LogP contribution in [0.3, 0.4) is 0 Å². The summed E-state index contributed by atoms with van der Waals surface area (Å²) in [6, 6.07) is 8.99. The number of halogens is 1. The van der Waals surface area contributed by atoms with Gasteiger partial charge in [-0.1, -0.05) is 23.7 Å². The van der Waals surface area contributed by atoms with Crippen molar-refractivity contribution in [3.8, 4) is 0 Å². The van der Waals surface area contributed by atoms with Gasteiger partial charge in [-0.3, -0.25) is 9.69 Å². The molecule has 0 aromatic heterocycles. The van der Waals surface area contributed by atoms with E-state index in [-0.39, 0.29) is 5.91 Å². The zero-order chi connectivity index (χ0) is 15.2. The minimum Gasteiger partial charge on any atom is -0.369 e. The third-order valence-corrected chi connectivity index (χ3v) is 4.19. The van der Waals surface area contributed by atoms with Crippen LogP contribution in [-0.2, 0) is 11.2 Å². The Morgan fingerprint density at radius 3 is 2.57 bits per heavy atom. The van der Waals surface area contributed by atoms with E-state index < -0.39 is 0 Å². The van der Waals surface area contributed by atoms with E-state index in [2.05, 4.69) is 29.3 Å². The third-order valence-electron chi connectivity index (χ3n) is 3.94. The molecule has 0 radical (unpaired) electrons. The first-order valence-corrected chi connectivity index (χ1v) is 7.92. The van der Waals surface area contributed by atoms with Crippen molar-refractivity contribution < 1.29 is 4.79 Å². The molecule has 0 aliphatic carbocycles. The molecule has 1 atom stereocenters. The van der Waals surface area contributed by atoms with Crippen LogP contribution in [-0.4, -0.2) is 42.5 Å². The van der Waals surface area contributed by atoms with Crippen LogP contribution in [0.5, 0.6) is 0 Å². The lowest BCUT2D eigenvalue weighted by Gasteiger charge is -2.33. The van der Waals surface area contributed by atoms with Crippen LogP contribution in [0.25, 0.3) is 0 Å². The number of amides is 1. The molecule has 0 saturated carbocycles. The van der Waals surface area contributed by atoms with E-state index in [0.29, 0.717) is 18.6 Å². The van der Waals surface area contributed by atoms with Crippen molar-refractivity contribution in [2.24, 2.45) is 5.73 Å². The summed E-state index contributed by atoms with van der Waals surface area (Å²) in [5.74, 6) is -0.238. The second-order valence-corrected chi connectivity index (χ2v) is 6.35. The van der Waals surface area contributed by atoms with E-state index in [9.17, 15) is 4.79 Å². The Kier molecular flexibility index (Phi) is 6.03. The predicted octanol–water partition coefficient (Wildman–Crippen LogP) is 1.81. The van der Waals surface area contributed by atoms with Crippen molar-refractivity contribution in [2.75, 3.05) is 19.6 Å². The highest BCUT2D eigenvalue weighted by molar-refractivity contribution is 6.30. The van der Waals surface area contributed by atoms with Crippen LogP contribution in [0.1, 0.15) is 25.3 Å². The average Bonchev–Trinajstić information content (AvgIpc) is 2.43. The summed E-state index contributed by atoms with van der Waals surface area (Å²) in [5.41, 5.74) is 6.53. The molecule has 0 spiro atoms. The number of nitrogens with two attached hydrogens (primary N) is 1. The summed E-state index contributed by atoms with van der Waals surface area (Å²) in [7, 11) is 0. The lowest BCUT2D eigenvalue weighted by Crippen LogP contribution is -2.47. The first-order valence-electron chi connectivity index (χ1n) is 7.54. The number of rotatable bonds is 6. The molecule has 2 rings (SSSR count). The van der Waals surface area contributed by atoms with Crippen LogP contribution < -0.4 is 11.1 Å². The molecule has 4 nitrogen and oxygen atoms in total. The molecule has 3 N–H and O–H groups in total. The fourth-order valence-electron chi connectivity index (χ4n) is 2.91. The fraction of sp³-hybridized carbons (Fsp3) is 0.562. The number of hydrogen-bond acceptors (Lipinski definition) is 3. The molecular formula is C16H24ClN3O. The summed E-state index contributed by atoms with van der Waals surface area (Å²) in [6.07, 6.45) is 3.13. The van der Waals surface area contributed by atoms with Crippen LogP contribution >= 0.6 is 11.6 Å². The SMILES string of the molecule is CC(Cc1ccc(Cl)cc1)NC1CCN(CC(N)=O)CC1. The molecule has 1 unspecified atom stereocenters. The summed E-state index contributed by atoms with van der Waals surface area (Å²) >= 11 is 5.90. The van der Waals surface area contributed by atoms with Gasteiger partial charge in [-0.2, -0.15) is 0 Å². The molecule has 0 bridgehead atoms. The van der Waals surface area contributed by atoms with E-state index in [1.165, 1.54) is 5.56 Å². The number of carbonyl (C=O) groups excluding carboxylic acids is 1. The highest BCUT2D eigenvalue weighted by Crippen LogP contribution is 2.14. The van der Waals surface area contributed by atoms with Gasteiger partial charge >= 0.3 is 0 Å². The van der Waals surface area contributed by atoms with E-state index in [0.717, 1.165) is 37.4 Å². The maximum Gasteiger partial charge on any atom is 0.231 e. The summed E-state index contributed by atoms with van der Waals surface area (Å²) < 4.78 is 0. The Morgan fingerprint density at radius 2 is 2.00 bits per heavy atom. The van der Waals surface area contributed by atoms with E-state index in [4.69, 9.17) is 17.3 Å². The van der Waals surface area contributed by atoms with Gasteiger partial charge in [0.2, 0.25) is 5.91 Å². The van der Waals surface area contributed by atoms with Gasteiger partial charge in [-0.15, -0.1) is 0 Å². The molecule has 1 aromatic rings. The van der Waals surface area contributed by atoms with Crippen molar-refractivity contribution in [1.29, 1.82) is 0 Å². The normalized spacial score (nSPS) is 18.6. The lowest BCUT2D eigenvalue weighted by atomic mass is 10.0. The molecule has 1 heterocycles. The minimum atomic E-state index is -0.238. The number of carbonyl (C=O) groups is 1. The number of nitrogens with zero attached hydrogens (tertiary/aromatic N) is 1. The molecule has 1 aliphatic rings. The van der Waals surface area contributed by atoms with Crippen molar-refractivity contribution in [1.82, 2.24) is 10.2 Å². The number of piperidine rings is 1. The number of benzene rings is 1. The van der Waals surface area contributed by atoms with Gasteiger partial charge in [-0.25, -0.2) is 0 Å². The van der Waals surface area contributed by atoms with Crippen LogP contribution in [0.4, 0.5) is 0 Å². The van der Waals surface area contributed by atoms with Crippen molar-refractivity contribution >= 4 is 17.5 Å². The number of hydrogen-bond donors (Lipinski definition) is 2. The van der Waals surface area contributed by atoms with Gasteiger partial charge in [0.1, 0.15) is 0 Å². The largest absolute Gasteiger partial charge is 0.369 e. The zero-order valence-corrected chi connectivity index (χ0v) is 13.3. The molecule has 1 amide bonds. The third kappa shape index (κ3) is 5.65. The summed E-state index contributed by atoms with van der Waals surface area (Å²) in [6.45, 7) is 4.47. The van der Waals surface area contributed by atoms with Gasteiger partial charge in [0, 0.05) is 30.2 Å². The number of primary amides is 1. The zero-order valence-electron chi connectivity index (χ0n) is 12.5. The Balaban J connectivity index is 1.72. The van der Waals surface area contributed by atoms with Crippen molar-refractivity contribution in [2.45, 2.75) is 38.3 Å². The molecule has 21 heavy (non-hydrogen) atoms. The Bertz CT molecular complexity index is 455. The van der Waals surface area contributed by atoms with Crippen molar-refractivity contribution in [3.63, 3.8) is 0 Å². The van der Waals surface area contributed by atoms with Gasteiger partial charge in [-0.05, 0) is 43.9 Å². The number of nitrogens with one attached hydrogen (secondary N) is 1. The van der Waals surface area contributed by atoms with Crippen molar-refractivity contribution in [3.05, 3.63) is 34.9 Å². The Hall–Kier alpha value is -1.10. The first-order chi connectivity index (χ1) is 10.0. The summed E-state index contributed by atoms with van der Waals surface area (Å²) in [4.78, 5) is 13.0.